The summed E-state index contributed by atoms with van der Waals surface area (Å²) in [6.07, 6.45) is 0.240. The lowest BCUT2D eigenvalue weighted by atomic mass is 10.1. The Bertz CT molecular complexity index is 782. The molecule has 4 rings (SSSR count). The summed E-state index contributed by atoms with van der Waals surface area (Å²) in [5.41, 5.74) is 1.52. The van der Waals surface area contributed by atoms with Gasteiger partial charge in [0.1, 0.15) is 11.9 Å². The molecule has 2 nitrogen and oxygen atoms in total. The number of benzene rings is 1. The van der Waals surface area contributed by atoms with Gasteiger partial charge in [-0.2, -0.15) is 11.8 Å². The van der Waals surface area contributed by atoms with Crippen LogP contribution >= 0.6 is 23.1 Å². The predicted octanol–water partition coefficient (Wildman–Crippen LogP) is 4.50. The molecule has 108 valence electrons. The van der Waals surface area contributed by atoms with Gasteiger partial charge in [0.2, 0.25) is 0 Å². The Kier molecular flexibility index (Phi) is 3.28. The van der Waals surface area contributed by atoms with Gasteiger partial charge < -0.3 is 9.52 Å². The van der Waals surface area contributed by atoms with Crippen molar-refractivity contribution < 1.29 is 13.9 Å². The van der Waals surface area contributed by atoms with Crippen LogP contribution in [0.5, 0.6) is 0 Å². The van der Waals surface area contributed by atoms with E-state index in [2.05, 4.69) is 6.07 Å². The molecule has 0 spiro atoms. The molecular weight excluding hydrogens is 307 g/mol. The lowest BCUT2D eigenvalue weighted by Crippen LogP contribution is -1.96. The Balaban J connectivity index is 1.73. The maximum Gasteiger partial charge on any atom is 0.170 e. The number of aryl methyl sites for hydroxylation is 1. The van der Waals surface area contributed by atoms with E-state index >= 15 is 0 Å². The summed E-state index contributed by atoms with van der Waals surface area (Å²) in [6, 6.07) is 8.57. The molecule has 21 heavy (non-hydrogen) atoms. The summed E-state index contributed by atoms with van der Waals surface area (Å²) in [6.45, 7) is 0. The quantitative estimate of drug-likeness (QED) is 0.754. The van der Waals surface area contributed by atoms with Crippen molar-refractivity contribution in [2.75, 3.05) is 5.75 Å². The summed E-state index contributed by atoms with van der Waals surface area (Å²) < 4.78 is 19.2. The number of thioether (sulfide) groups is 1. The lowest BCUT2D eigenvalue weighted by molar-refractivity contribution is 0.195. The number of hydrogen-bond donors (Lipinski definition) is 1. The molecule has 0 amide bonds. The van der Waals surface area contributed by atoms with E-state index in [-0.39, 0.29) is 5.58 Å². The zero-order chi connectivity index (χ0) is 14.4. The van der Waals surface area contributed by atoms with Crippen molar-refractivity contribution in [3.05, 3.63) is 57.2 Å². The highest BCUT2D eigenvalue weighted by Crippen LogP contribution is 2.37. The Labute approximate surface area is 129 Å². The van der Waals surface area contributed by atoms with E-state index in [0.29, 0.717) is 11.1 Å². The van der Waals surface area contributed by atoms with Gasteiger partial charge in [-0.25, -0.2) is 4.39 Å². The van der Waals surface area contributed by atoms with Crippen molar-refractivity contribution in [3.8, 4) is 0 Å². The summed E-state index contributed by atoms with van der Waals surface area (Å²) in [4.78, 5) is 2.23. The number of para-hydroxylation sites is 1. The van der Waals surface area contributed by atoms with Gasteiger partial charge in [-0.15, -0.1) is 11.3 Å². The number of halogens is 1. The molecule has 0 fully saturated rings. The van der Waals surface area contributed by atoms with E-state index in [1.807, 2.05) is 11.8 Å². The van der Waals surface area contributed by atoms with Gasteiger partial charge in [-0.3, -0.25) is 0 Å². The summed E-state index contributed by atoms with van der Waals surface area (Å²) in [7, 11) is 0. The van der Waals surface area contributed by atoms with Crippen LogP contribution in [0.1, 0.15) is 27.2 Å². The SMILES string of the molecule is OC(c1cc2cccc(F)c2o1)c1cc2c(s1)CCSC2. The number of hydrogen-bond acceptors (Lipinski definition) is 4. The minimum atomic E-state index is -0.822. The Hall–Kier alpha value is -1.30. The van der Waals surface area contributed by atoms with Gasteiger partial charge in [-0.1, -0.05) is 12.1 Å². The number of rotatable bonds is 2. The number of fused-ring (bicyclic) bond motifs is 2. The van der Waals surface area contributed by atoms with Crippen molar-refractivity contribution >= 4 is 34.1 Å². The second kappa shape index (κ2) is 5.16. The average molecular weight is 320 g/mol. The molecule has 1 atom stereocenters. The molecule has 0 radical (unpaired) electrons. The first-order chi connectivity index (χ1) is 10.2. The second-order valence-electron chi connectivity index (χ2n) is 5.11. The zero-order valence-electron chi connectivity index (χ0n) is 11.1. The highest BCUT2D eigenvalue weighted by molar-refractivity contribution is 7.98. The molecule has 1 aliphatic heterocycles. The predicted molar refractivity (Wildman–Crippen MR) is 84.4 cm³/mol. The summed E-state index contributed by atoms with van der Waals surface area (Å²) in [5.74, 6) is 2.15. The van der Waals surface area contributed by atoms with Crippen molar-refractivity contribution in [2.45, 2.75) is 18.3 Å². The third-order valence-corrected chi connectivity index (χ3v) is 6.00. The fourth-order valence-corrected chi connectivity index (χ4v) is 5.00. The number of aliphatic hydroxyl groups excluding tert-OH is 1. The van der Waals surface area contributed by atoms with Gasteiger partial charge >= 0.3 is 0 Å². The van der Waals surface area contributed by atoms with Crippen LogP contribution in [-0.2, 0) is 12.2 Å². The Morgan fingerprint density at radius 2 is 2.19 bits per heavy atom. The molecule has 0 bridgehead atoms. The van der Waals surface area contributed by atoms with Crippen LogP contribution < -0.4 is 0 Å². The third-order valence-electron chi connectivity index (χ3n) is 3.70. The van der Waals surface area contributed by atoms with Crippen LogP contribution in [-0.4, -0.2) is 10.9 Å². The highest BCUT2D eigenvalue weighted by Gasteiger charge is 2.22. The summed E-state index contributed by atoms with van der Waals surface area (Å²) >= 11 is 3.55. The van der Waals surface area contributed by atoms with Crippen LogP contribution in [0.15, 0.2) is 34.7 Å². The first kappa shape index (κ1) is 13.4. The molecule has 0 saturated heterocycles. The molecule has 0 saturated carbocycles. The maximum absolute atomic E-state index is 13.7. The van der Waals surface area contributed by atoms with Gasteiger partial charge in [0.05, 0.1) is 0 Å². The van der Waals surface area contributed by atoms with Crippen LogP contribution in [0.2, 0.25) is 0 Å². The van der Waals surface area contributed by atoms with Crippen LogP contribution in [0.4, 0.5) is 4.39 Å². The summed E-state index contributed by atoms with van der Waals surface area (Å²) in [5, 5.41) is 11.2. The van der Waals surface area contributed by atoms with Gasteiger partial charge in [-0.05, 0) is 35.9 Å². The minimum Gasteiger partial charge on any atom is -0.455 e. The van der Waals surface area contributed by atoms with Crippen LogP contribution in [0.25, 0.3) is 11.0 Å². The standard InChI is InChI=1S/C16H13FO2S2/c17-11-3-1-2-9-6-12(19-16(9)11)15(18)14-7-10-8-20-5-4-13(10)21-14/h1-3,6-7,15,18H,4-5,8H2. The van der Waals surface area contributed by atoms with E-state index in [0.717, 1.165) is 22.8 Å². The first-order valence-corrected chi connectivity index (χ1v) is 8.75. The van der Waals surface area contributed by atoms with Gasteiger partial charge in [0, 0.05) is 20.9 Å². The van der Waals surface area contributed by atoms with E-state index in [9.17, 15) is 9.50 Å². The topological polar surface area (TPSA) is 33.4 Å². The molecular formula is C16H13FO2S2. The number of thiophene rings is 1. The molecule has 1 aromatic carbocycles. The number of aliphatic hydroxyl groups is 1. The fourth-order valence-electron chi connectivity index (χ4n) is 2.63. The third kappa shape index (κ3) is 2.29. The molecule has 2 aromatic heterocycles. The minimum absolute atomic E-state index is 0.212. The molecule has 1 aliphatic rings. The van der Waals surface area contributed by atoms with Gasteiger partial charge in [0.15, 0.2) is 11.4 Å². The van der Waals surface area contributed by atoms with E-state index in [4.69, 9.17) is 4.42 Å². The Morgan fingerprint density at radius 3 is 3.00 bits per heavy atom. The van der Waals surface area contributed by atoms with Crippen molar-refractivity contribution in [3.63, 3.8) is 0 Å². The lowest BCUT2D eigenvalue weighted by Gasteiger charge is -2.08. The maximum atomic E-state index is 13.7. The second-order valence-corrected chi connectivity index (χ2v) is 7.38. The van der Waals surface area contributed by atoms with E-state index in [1.165, 1.54) is 16.5 Å². The van der Waals surface area contributed by atoms with Crippen LogP contribution in [0, 0.1) is 5.82 Å². The smallest absolute Gasteiger partial charge is 0.170 e. The molecule has 1 unspecified atom stereocenters. The zero-order valence-corrected chi connectivity index (χ0v) is 12.8. The van der Waals surface area contributed by atoms with Crippen molar-refractivity contribution in [1.29, 1.82) is 0 Å². The number of furan rings is 1. The van der Waals surface area contributed by atoms with Crippen LogP contribution in [0.3, 0.4) is 0 Å². The normalized spacial score (nSPS) is 16.1. The molecule has 5 heteroatoms. The van der Waals surface area contributed by atoms with Crippen molar-refractivity contribution in [2.24, 2.45) is 0 Å². The highest BCUT2D eigenvalue weighted by atomic mass is 32.2. The van der Waals surface area contributed by atoms with E-state index < -0.39 is 11.9 Å². The fraction of sp³-hybridized carbons (Fsp3) is 0.250. The monoisotopic (exact) mass is 320 g/mol. The Morgan fingerprint density at radius 1 is 1.29 bits per heavy atom. The molecule has 1 N–H and O–H groups in total. The average Bonchev–Trinajstić information content (AvgIpc) is 3.11. The first-order valence-electron chi connectivity index (χ1n) is 6.77. The molecule has 3 heterocycles. The van der Waals surface area contributed by atoms with Gasteiger partial charge in [0.25, 0.3) is 0 Å². The van der Waals surface area contributed by atoms with Crippen molar-refractivity contribution in [1.82, 2.24) is 0 Å². The molecule has 3 aromatic rings. The largest absolute Gasteiger partial charge is 0.455 e. The van der Waals surface area contributed by atoms with E-state index in [1.54, 1.807) is 29.5 Å². The molecule has 0 aliphatic carbocycles.